The van der Waals surface area contributed by atoms with Crippen molar-refractivity contribution in [3.05, 3.63) is 41.7 Å². The van der Waals surface area contributed by atoms with Crippen molar-refractivity contribution in [3.8, 4) is 11.3 Å². The fraction of sp³-hybridized carbons (Fsp3) is 0.412. The topological polar surface area (TPSA) is 37.8 Å². The van der Waals surface area contributed by atoms with Crippen molar-refractivity contribution >= 4 is 5.82 Å². The van der Waals surface area contributed by atoms with Gasteiger partial charge in [0.2, 0.25) is 0 Å². The van der Waals surface area contributed by atoms with Crippen molar-refractivity contribution in [1.82, 2.24) is 9.97 Å². The van der Waals surface area contributed by atoms with Crippen LogP contribution in [0.2, 0.25) is 0 Å². The highest BCUT2D eigenvalue weighted by Gasteiger charge is 2.16. The van der Waals surface area contributed by atoms with Gasteiger partial charge in [-0.25, -0.2) is 9.97 Å². The Morgan fingerprint density at radius 3 is 2.55 bits per heavy atom. The molecule has 0 saturated heterocycles. The van der Waals surface area contributed by atoms with Gasteiger partial charge in [-0.1, -0.05) is 45.0 Å². The average Bonchev–Trinajstić information content (AvgIpc) is 2.45. The van der Waals surface area contributed by atoms with Crippen LogP contribution in [0, 0.1) is 6.92 Å². The maximum Gasteiger partial charge on any atom is 0.133 e. The van der Waals surface area contributed by atoms with Gasteiger partial charge in [-0.05, 0) is 24.8 Å². The Labute approximate surface area is 121 Å². The maximum absolute atomic E-state index is 4.55. The summed E-state index contributed by atoms with van der Waals surface area (Å²) in [7, 11) is 0. The number of rotatable bonds is 5. The molecule has 3 heteroatoms. The molecule has 1 aromatic carbocycles. The zero-order valence-corrected chi connectivity index (χ0v) is 12.8. The molecule has 0 atom stereocenters. The second-order valence-electron chi connectivity index (χ2n) is 5.38. The van der Waals surface area contributed by atoms with E-state index in [-0.39, 0.29) is 0 Å². The van der Waals surface area contributed by atoms with E-state index in [0.717, 1.165) is 24.5 Å². The maximum atomic E-state index is 4.55. The van der Waals surface area contributed by atoms with E-state index in [2.05, 4.69) is 67.2 Å². The molecule has 0 fully saturated rings. The van der Waals surface area contributed by atoms with Gasteiger partial charge in [-0.3, -0.25) is 0 Å². The highest BCUT2D eigenvalue weighted by Crippen LogP contribution is 2.33. The van der Waals surface area contributed by atoms with Crippen molar-refractivity contribution in [3.63, 3.8) is 0 Å². The van der Waals surface area contributed by atoms with E-state index < -0.39 is 0 Å². The van der Waals surface area contributed by atoms with E-state index in [9.17, 15) is 0 Å². The number of hydrogen-bond donors (Lipinski definition) is 1. The molecule has 0 radical (unpaired) electrons. The number of nitrogens with zero attached hydrogens (tertiary/aromatic N) is 2. The van der Waals surface area contributed by atoms with Crippen LogP contribution in [-0.2, 0) is 0 Å². The standard InChI is InChI=1S/C17H23N3/c1-5-10-18-17-15(12(2)3)16(19-11-20-17)14-9-7-6-8-13(14)4/h6-9,11-12H,5,10H2,1-4H3,(H,18,19,20). The van der Waals surface area contributed by atoms with E-state index in [4.69, 9.17) is 0 Å². The van der Waals surface area contributed by atoms with Gasteiger partial charge in [0.25, 0.3) is 0 Å². The molecule has 1 N–H and O–H groups in total. The molecule has 0 unspecified atom stereocenters. The molecule has 0 aliphatic heterocycles. The Balaban J connectivity index is 2.55. The summed E-state index contributed by atoms with van der Waals surface area (Å²) in [5.41, 5.74) is 4.69. The van der Waals surface area contributed by atoms with Crippen LogP contribution in [-0.4, -0.2) is 16.5 Å². The zero-order valence-electron chi connectivity index (χ0n) is 12.8. The zero-order chi connectivity index (χ0) is 14.5. The van der Waals surface area contributed by atoms with Crippen LogP contribution in [0.3, 0.4) is 0 Å². The van der Waals surface area contributed by atoms with Crippen LogP contribution in [0.15, 0.2) is 30.6 Å². The molecule has 0 spiro atoms. The fourth-order valence-electron chi connectivity index (χ4n) is 2.38. The lowest BCUT2D eigenvalue weighted by Crippen LogP contribution is -2.09. The molecule has 1 heterocycles. The van der Waals surface area contributed by atoms with E-state index >= 15 is 0 Å². The lowest BCUT2D eigenvalue weighted by atomic mass is 9.95. The van der Waals surface area contributed by atoms with Crippen molar-refractivity contribution in [2.75, 3.05) is 11.9 Å². The molecule has 0 bridgehead atoms. The lowest BCUT2D eigenvalue weighted by molar-refractivity contribution is 0.844. The van der Waals surface area contributed by atoms with E-state index in [1.165, 1.54) is 16.7 Å². The molecule has 2 rings (SSSR count). The first-order valence-electron chi connectivity index (χ1n) is 7.29. The summed E-state index contributed by atoms with van der Waals surface area (Å²) in [5, 5.41) is 3.42. The van der Waals surface area contributed by atoms with Crippen molar-refractivity contribution < 1.29 is 0 Å². The molecular weight excluding hydrogens is 246 g/mol. The number of hydrogen-bond acceptors (Lipinski definition) is 3. The highest BCUT2D eigenvalue weighted by atomic mass is 15.0. The molecule has 106 valence electrons. The van der Waals surface area contributed by atoms with Gasteiger partial charge in [0, 0.05) is 17.7 Å². The van der Waals surface area contributed by atoms with Gasteiger partial charge >= 0.3 is 0 Å². The Bertz CT molecular complexity index is 576. The highest BCUT2D eigenvalue weighted by molar-refractivity contribution is 5.71. The minimum atomic E-state index is 0.380. The normalized spacial score (nSPS) is 10.8. The second kappa shape index (κ2) is 6.51. The fourth-order valence-corrected chi connectivity index (χ4v) is 2.38. The van der Waals surface area contributed by atoms with Gasteiger partial charge in [0.05, 0.1) is 5.69 Å². The third-order valence-corrected chi connectivity index (χ3v) is 3.40. The van der Waals surface area contributed by atoms with Gasteiger partial charge in [-0.15, -0.1) is 0 Å². The SMILES string of the molecule is CCCNc1ncnc(-c2ccccc2C)c1C(C)C. The number of aromatic nitrogens is 2. The van der Waals surface area contributed by atoms with Gasteiger partial charge in [0.15, 0.2) is 0 Å². The first kappa shape index (κ1) is 14.5. The lowest BCUT2D eigenvalue weighted by Gasteiger charge is -2.18. The predicted octanol–water partition coefficient (Wildman–Crippen LogP) is 4.40. The summed E-state index contributed by atoms with van der Waals surface area (Å²) in [5.74, 6) is 1.35. The summed E-state index contributed by atoms with van der Waals surface area (Å²) in [4.78, 5) is 8.98. The van der Waals surface area contributed by atoms with Crippen LogP contribution < -0.4 is 5.32 Å². The Morgan fingerprint density at radius 1 is 1.15 bits per heavy atom. The van der Waals surface area contributed by atoms with Crippen LogP contribution in [0.5, 0.6) is 0 Å². The molecule has 3 nitrogen and oxygen atoms in total. The van der Waals surface area contributed by atoms with Crippen molar-refractivity contribution in [1.29, 1.82) is 0 Å². The average molecular weight is 269 g/mol. The van der Waals surface area contributed by atoms with Gasteiger partial charge in [-0.2, -0.15) is 0 Å². The summed E-state index contributed by atoms with van der Waals surface area (Å²) in [6, 6.07) is 8.38. The summed E-state index contributed by atoms with van der Waals surface area (Å²) in [6.45, 7) is 9.60. The van der Waals surface area contributed by atoms with Gasteiger partial charge in [0.1, 0.15) is 12.1 Å². The van der Waals surface area contributed by atoms with Crippen LogP contribution in [0.25, 0.3) is 11.3 Å². The quantitative estimate of drug-likeness (QED) is 0.874. The third kappa shape index (κ3) is 2.98. The van der Waals surface area contributed by atoms with Gasteiger partial charge < -0.3 is 5.32 Å². The van der Waals surface area contributed by atoms with Crippen LogP contribution in [0.4, 0.5) is 5.82 Å². The summed E-state index contributed by atoms with van der Waals surface area (Å²) in [6.07, 6.45) is 2.74. The third-order valence-electron chi connectivity index (χ3n) is 3.40. The van der Waals surface area contributed by atoms with Crippen molar-refractivity contribution in [2.45, 2.75) is 40.0 Å². The smallest absolute Gasteiger partial charge is 0.133 e. The molecule has 0 saturated carbocycles. The minimum Gasteiger partial charge on any atom is -0.370 e. The molecular formula is C17H23N3. The Hall–Kier alpha value is -1.90. The second-order valence-corrected chi connectivity index (χ2v) is 5.38. The van der Waals surface area contributed by atoms with E-state index in [1.54, 1.807) is 6.33 Å². The first-order valence-corrected chi connectivity index (χ1v) is 7.29. The van der Waals surface area contributed by atoms with Crippen LogP contribution in [0.1, 0.15) is 44.2 Å². The van der Waals surface area contributed by atoms with Crippen molar-refractivity contribution in [2.24, 2.45) is 0 Å². The Kier molecular flexibility index (Phi) is 4.72. The molecule has 0 aliphatic rings. The van der Waals surface area contributed by atoms with Crippen LogP contribution >= 0.6 is 0 Å². The number of anilines is 1. The Morgan fingerprint density at radius 2 is 1.90 bits per heavy atom. The summed E-state index contributed by atoms with van der Waals surface area (Å²) >= 11 is 0. The number of aryl methyl sites for hydroxylation is 1. The molecule has 0 aliphatic carbocycles. The minimum absolute atomic E-state index is 0.380. The molecule has 1 aromatic heterocycles. The van der Waals surface area contributed by atoms with E-state index in [0.29, 0.717) is 5.92 Å². The summed E-state index contributed by atoms with van der Waals surface area (Å²) < 4.78 is 0. The molecule has 0 amide bonds. The van der Waals surface area contributed by atoms with E-state index in [1.807, 2.05) is 0 Å². The number of benzene rings is 1. The first-order chi connectivity index (χ1) is 9.65. The monoisotopic (exact) mass is 269 g/mol. The molecule has 20 heavy (non-hydrogen) atoms. The predicted molar refractivity (Wildman–Crippen MR) is 85.1 cm³/mol. The molecule has 2 aromatic rings. The number of nitrogens with one attached hydrogen (secondary N) is 1. The largest absolute Gasteiger partial charge is 0.370 e.